The molecule has 0 radical (unpaired) electrons. The van der Waals surface area contributed by atoms with Gasteiger partial charge >= 0.3 is 0 Å². The number of hydrogen-bond donors (Lipinski definition) is 0. The lowest BCUT2D eigenvalue weighted by Crippen LogP contribution is -2.51. The van der Waals surface area contributed by atoms with Gasteiger partial charge in [-0.3, -0.25) is 14.6 Å². The van der Waals surface area contributed by atoms with Crippen LogP contribution in [0.4, 0.5) is 5.69 Å². The molecule has 2 aromatic carbocycles. The average Bonchev–Trinajstić information content (AvgIpc) is 2.67. The third kappa shape index (κ3) is 3.84. The summed E-state index contributed by atoms with van der Waals surface area (Å²) in [5.41, 5.74) is 1.93. The van der Waals surface area contributed by atoms with Crippen LogP contribution in [0.25, 0.3) is 0 Å². The van der Waals surface area contributed by atoms with Crippen molar-refractivity contribution in [1.29, 1.82) is 0 Å². The van der Waals surface area contributed by atoms with Gasteiger partial charge in [-0.25, -0.2) is 0 Å². The molecule has 5 nitrogen and oxygen atoms in total. The molecule has 4 rings (SSSR count). The maximum Gasteiger partial charge on any atom is 0.241 e. The van der Waals surface area contributed by atoms with Crippen LogP contribution in [0.5, 0.6) is 5.75 Å². The van der Waals surface area contributed by atoms with Gasteiger partial charge in [0.15, 0.2) is 0 Å². The van der Waals surface area contributed by atoms with Crippen molar-refractivity contribution in [1.82, 2.24) is 4.90 Å². The molecule has 2 aliphatic heterocycles. The Kier molecular flexibility index (Phi) is 5.14. The standard InChI is InChI=1S/C22H26N2O3/c1-16-12-23(13-17(2)27-16)14-22(25)24-19-10-6-7-11-21(19)26-15-20(24)18-8-4-3-5-9-18/h3-11,16-17,20H,12-15H2,1-2H3/t16-,17-,20+/m1/s1. The molecule has 1 amide bonds. The Hall–Kier alpha value is -2.37. The highest BCUT2D eigenvalue weighted by atomic mass is 16.5. The monoisotopic (exact) mass is 366 g/mol. The molecule has 3 atom stereocenters. The second kappa shape index (κ2) is 7.71. The zero-order chi connectivity index (χ0) is 18.8. The van der Waals surface area contributed by atoms with Crippen LogP contribution in [0.3, 0.4) is 0 Å². The third-order valence-corrected chi connectivity index (χ3v) is 5.14. The number of benzene rings is 2. The fraction of sp³-hybridized carbons (Fsp3) is 0.409. The van der Waals surface area contributed by atoms with E-state index in [4.69, 9.17) is 9.47 Å². The summed E-state index contributed by atoms with van der Waals surface area (Å²) in [6.07, 6.45) is 0.284. The summed E-state index contributed by atoms with van der Waals surface area (Å²) in [6, 6.07) is 17.8. The van der Waals surface area contributed by atoms with Crippen molar-refractivity contribution in [3.63, 3.8) is 0 Å². The molecular formula is C22H26N2O3. The summed E-state index contributed by atoms with van der Waals surface area (Å²) < 4.78 is 11.8. The SMILES string of the molecule is C[C@@H]1CN(CC(=O)N2c3ccccc3OC[C@H]2c2ccccc2)C[C@@H](C)O1. The normalized spacial score (nSPS) is 25.6. The Morgan fingerprint density at radius 1 is 1.00 bits per heavy atom. The number of fused-ring (bicyclic) bond motifs is 1. The zero-order valence-corrected chi connectivity index (χ0v) is 15.9. The Balaban J connectivity index is 1.62. The molecule has 2 heterocycles. The number of hydrogen-bond acceptors (Lipinski definition) is 4. The molecule has 0 aromatic heterocycles. The van der Waals surface area contributed by atoms with Gasteiger partial charge in [0, 0.05) is 13.1 Å². The number of ether oxygens (including phenoxy) is 2. The number of rotatable bonds is 3. The minimum absolute atomic E-state index is 0.0981. The van der Waals surface area contributed by atoms with Gasteiger partial charge in [0.05, 0.1) is 30.5 Å². The predicted octanol–water partition coefficient (Wildman–Crippen LogP) is 3.26. The van der Waals surface area contributed by atoms with Gasteiger partial charge in [0.25, 0.3) is 0 Å². The molecule has 27 heavy (non-hydrogen) atoms. The third-order valence-electron chi connectivity index (χ3n) is 5.14. The second-order valence-corrected chi connectivity index (χ2v) is 7.42. The van der Waals surface area contributed by atoms with E-state index in [0.29, 0.717) is 13.2 Å². The Morgan fingerprint density at radius 2 is 1.67 bits per heavy atom. The molecule has 0 spiro atoms. The first-order chi connectivity index (χ1) is 13.1. The molecule has 0 aliphatic carbocycles. The number of anilines is 1. The number of carbonyl (C=O) groups is 1. The molecule has 2 aromatic rings. The number of nitrogens with zero attached hydrogens (tertiary/aromatic N) is 2. The van der Waals surface area contributed by atoms with Crippen LogP contribution in [0.1, 0.15) is 25.5 Å². The van der Waals surface area contributed by atoms with Crippen molar-refractivity contribution < 1.29 is 14.3 Å². The lowest BCUT2D eigenvalue weighted by molar-refractivity contribution is -0.124. The predicted molar refractivity (Wildman–Crippen MR) is 105 cm³/mol. The molecule has 2 aliphatic rings. The number of carbonyl (C=O) groups excluding carboxylic acids is 1. The van der Waals surface area contributed by atoms with E-state index in [9.17, 15) is 4.79 Å². The van der Waals surface area contributed by atoms with Gasteiger partial charge < -0.3 is 9.47 Å². The minimum atomic E-state index is -0.121. The van der Waals surface area contributed by atoms with E-state index in [1.54, 1.807) is 0 Å². The van der Waals surface area contributed by atoms with Crippen LogP contribution < -0.4 is 9.64 Å². The van der Waals surface area contributed by atoms with Crippen LogP contribution in [-0.2, 0) is 9.53 Å². The van der Waals surface area contributed by atoms with Gasteiger partial charge in [0.2, 0.25) is 5.91 Å². The lowest BCUT2D eigenvalue weighted by atomic mass is 10.0. The second-order valence-electron chi connectivity index (χ2n) is 7.42. The van der Waals surface area contributed by atoms with E-state index < -0.39 is 0 Å². The molecule has 0 N–H and O–H groups in total. The maximum absolute atomic E-state index is 13.4. The van der Waals surface area contributed by atoms with Crippen molar-refractivity contribution in [2.24, 2.45) is 0 Å². The summed E-state index contributed by atoms with van der Waals surface area (Å²) >= 11 is 0. The summed E-state index contributed by atoms with van der Waals surface area (Å²) in [4.78, 5) is 17.5. The summed E-state index contributed by atoms with van der Waals surface area (Å²) in [5, 5.41) is 0. The Bertz CT molecular complexity index is 785. The van der Waals surface area contributed by atoms with Crippen molar-refractivity contribution in [3.05, 3.63) is 60.2 Å². The summed E-state index contributed by atoms with van der Waals surface area (Å²) in [6.45, 7) is 6.52. The van der Waals surface area contributed by atoms with Gasteiger partial charge in [0.1, 0.15) is 12.4 Å². The summed E-state index contributed by atoms with van der Waals surface area (Å²) in [7, 11) is 0. The fourth-order valence-corrected chi connectivity index (χ4v) is 4.10. The largest absolute Gasteiger partial charge is 0.489 e. The van der Waals surface area contributed by atoms with Crippen molar-refractivity contribution in [2.45, 2.75) is 32.1 Å². The van der Waals surface area contributed by atoms with Crippen LogP contribution in [0, 0.1) is 0 Å². The molecular weight excluding hydrogens is 340 g/mol. The van der Waals surface area contributed by atoms with Crippen LogP contribution in [0.2, 0.25) is 0 Å². The molecule has 142 valence electrons. The van der Waals surface area contributed by atoms with Gasteiger partial charge in [-0.1, -0.05) is 42.5 Å². The smallest absolute Gasteiger partial charge is 0.241 e. The van der Waals surface area contributed by atoms with Crippen LogP contribution >= 0.6 is 0 Å². The number of amides is 1. The molecule has 5 heteroatoms. The Morgan fingerprint density at radius 3 is 2.41 bits per heavy atom. The first kappa shape index (κ1) is 18.0. The van der Waals surface area contributed by atoms with E-state index in [1.807, 2.05) is 47.4 Å². The average molecular weight is 366 g/mol. The molecule has 1 fully saturated rings. The highest BCUT2D eigenvalue weighted by molar-refractivity contribution is 5.97. The van der Waals surface area contributed by atoms with Gasteiger partial charge in [-0.2, -0.15) is 0 Å². The number of para-hydroxylation sites is 2. The lowest BCUT2D eigenvalue weighted by Gasteiger charge is -2.40. The van der Waals surface area contributed by atoms with E-state index in [2.05, 4.69) is 30.9 Å². The quantitative estimate of drug-likeness (QED) is 0.836. The molecule has 0 bridgehead atoms. The molecule has 0 unspecified atom stereocenters. The van der Waals surface area contributed by atoms with E-state index in [0.717, 1.165) is 30.1 Å². The van der Waals surface area contributed by atoms with Gasteiger partial charge in [-0.15, -0.1) is 0 Å². The van der Waals surface area contributed by atoms with Crippen molar-refractivity contribution in [2.75, 3.05) is 31.1 Å². The topological polar surface area (TPSA) is 42.0 Å². The fourth-order valence-electron chi connectivity index (χ4n) is 4.10. The number of morpholine rings is 1. The molecule has 0 saturated carbocycles. The first-order valence-corrected chi connectivity index (χ1v) is 9.58. The first-order valence-electron chi connectivity index (χ1n) is 9.58. The maximum atomic E-state index is 13.4. The van der Waals surface area contributed by atoms with Crippen molar-refractivity contribution >= 4 is 11.6 Å². The molecule has 1 saturated heterocycles. The highest BCUT2D eigenvalue weighted by Gasteiger charge is 2.34. The zero-order valence-electron chi connectivity index (χ0n) is 15.9. The van der Waals surface area contributed by atoms with Crippen LogP contribution in [-0.4, -0.2) is 49.3 Å². The van der Waals surface area contributed by atoms with E-state index in [1.165, 1.54) is 0 Å². The van der Waals surface area contributed by atoms with Crippen molar-refractivity contribution in [3.8, 4) is 5.75 Å². The van der Waals surface area contributed by atoms with E-state index in [-0.39, 0.29) is 24.2 Å². The highest BCUT2D eigenvalue weighted by Crippen LogP contribution is 2.39. The Labute approximate surface area is 160 Å². The van der Waals surface area contributed by atoms with E-state index >= 15 is 0 Å². The summed E-state index contributed by atoms with van der Waals surface area (Å²) in [5.74, 6) is 0.864. The van der Waals surface area contributed by atoms with Gasteiger partial charge in [-0.05, 0) is 31.5 Å². The minimum Gasteiger partial charge on any atom is -0.489 e. The van der Waals surface area contributed by atoms with Crippen LogP contribution in [0.15, 0.2) is 54.6 Å².